The van der Waals surface area contributed by atoms with Crippen molar-refractivity contribution in [2.45, 2.75) is 13.2 Å². The highest BCUT2D eigenvalue weighted by Crippen LogP contribution is 2.13. The molecule has 102 valence electrons. The van der Waals surface area contributed by atoms with E-state index in [1.807, 2.05) is 24.3 Å². The fraction of sp³-hybridized carbons (Fsp3) is 0.250. The van der Waals surface area contributed by atoms with Crippen molar-refractivity contribution < 1.29 is 4.74 Å². The highest BCUT2D eigenvalue weighted by molar-refractivity contribution is 6.00. The molecule has 0 saturated carbocycles. The minimum Gasteiger partial charge on any atom is -0.372 e. The largest absolute Gasteiger partial charge is 0.372 e. The Balaban J connectivity index is 1.65. The minimum atomic E-state index is 0.583. The summed E-state index contributed by atoms with van der Waals surface area (Å²) in [5.41, 5.74) is 3.43. The standard InChI is InChI=1S/C16H17N3O/c1-2-4-15(16-18-9-10-19-16)14(3-1)12-20-11-13-5-7-17-8-6-13/h1-8H,9-12H2,(H,18,19). The Morgan fingerprint density at radius 1 is 1.05 bits per heavy atom. The van der Waals surface area contributed by atoms with E-state index in [-0.39, 0.29) is 0 Å². The summed E-state index contributed by atoms with van der Waals surface area (Å²) in [6.07, 6.45) is 3.56. The van der Waals surface area contributed by atoms with Gasteiger partial charge in [0.2, 0.25) is 0 Å². The van der Waals surface area contributed by atoms with Crippen LogP contribution in [0, 0.1) is 0 Å². The van der Waals surface area contributed by atoms with Gasteiger partial charge >= 0.3 is 0 Å². The summed E-state index contributed by atoms with van der Waals surface area (Å²) < 4.78 is 5.80. The third-order valence-corrected chi connectivity index (χ3v) is 3.22. The zero-order chi connectivity index (χ0) is 13.6. The maximum atomic E-state index is 5.80. The van der Waals surface area contributed by atoms with Crippen LogP contribution in [0.5, 0.6) is 0 Å². The molecule has 1 aromatic carbocycles. The molecule has 2 heterocycles. The molecule has 2 aromatic rings. The fourth-order valence-electron chi connectivity index (χ4n) is 2.21. The van der Waals surface area contributed by atoms with Gasteiger partial charge in [0.05, 0.1) is 19.8 Å². The van der Waals surface area contributed by atoms with Crippen LogP contribution in [-0.2, 0) is 18.0 Å². The van der Waals surface area contributed by atoms with Gasteiger partial charge in [-0.1, -0.05) is 24.3 Å². The van der Waals surface area contributed by atoms with Gasteiger partial charge in [0.1, 0.15) is 5.84 Å². The van der Waals surface area contributed by atoms with Crippen LogP contribution in [0.1, 0.15) is 16.7 Å². The lowest BCUT2D eigenvalue weighted by atomic mass is 10.1. The summed E-state index contributed by atoms with van der Waals surface area (Å²) in [7, 11) is 0. The number of ether oxygens (including phenoxy) is 1. The van der Waals surface area contributed by atoms with Crippen molar-refractivity contribution in [3.8, 4) is 0 Å². The van der Waals surface area contributed by atoms with Crippen LogP contribution in [0.3, 0.4) is 0 Å². The predicted octanol–water partition coefficient (Wildman–Crippen LogP) is 2.15. The van der Waals surface area contributed by atoms with E-state index in [2.05, 4.69) is 27.4 Å². The molecule has 20 heavy (non-hydrogen) atoms. The molecule has 1 aromatic heterocycles. The number of hydrogen-bond acceptors (Lipinski definition) is 4. The molecule has 1 aliphatic rings. The Labute approximate surface area is 118 Å². The summed E-state index contributed by atoms with van der Waals surface area (Å²) in [5, 5.41) is 3.31. The van der Waals surface area contributed by atoms with Gasteiger partial charge in [-0.15, -0.1) is 0 Å². The van der Waals surface area contributed by atoms with Crippen molar-refractivity contribution in [2.75, 3.05) is 13.1 Å². The van der Waals surface area contributed by atoms with Crippen LogP contribution in [-0.4, -0.2) is 23.9 Å². The molecule has 4 heteroatoms. The summed E-state index contributed by atoms with van der Waals surface area (Å²) in [5.74, 6) is 0.980. The van der Waals surface area contributed by atoms with Gasteiger partial charge < -0.3 is 10.1 Å². The van der Waals surface area contributed by atoms with E-state index in [1.165, 1.54) is 0 Å². The van der Waals surface area contributed by atoms with Crippen molar-refractivity contribution in [3.05, 3.63) is 65.5 Å². The molecular formula is C16H17N3O. The van der Waals surface area contributed by atoms with Gasteiger partial charge in [-0.2, -0.15) is 0 Å². The summed E-state index contributed by atoms with van der Waals surface area (Å²) in [6, 6.07) is 12.2. The van der Waals surface area contributed by atoms with E-state index in [0.29, 0.717) is 13.2 Å². The van der Waals surface area contributed by atoms with Crippen LogP contribution >= 0.6 is 0 Å². The molecule has 0 fully saturated rings. The predicted molar refractivity (Wildman–Crippen MR) is 78.6 cm³/mol. The van der Waals surface area contributed by atoms with Crippen LogP contribution in [0.4, 0.5) is 0 Å². The normalized spacial score (nSPS) is 13.9. The van der Waals surface area contributed by atoms with Crippen molar-refractivity contribution in [3.63, 3.8) is 0 Å². The second-order valence-electron chi connectivity index (χ2n) is 4.66. The van der Waals surface area contributed by atoms with E-state index < -0.39 is 0 Å². The van der Waals surface area contributed by atoms with Crippen molar-refractivity contribution in [2.24, 2.45) is 4.99 Å². The fourth-order valence-corrected chi connectivity index (χ4v) is 2.21. The first-order chi connectivity index (χ1) is 9.93. The van der Waals surface area contributed by atoms with E-state index in [9.17, 15) is 0 Å². The number of amidine groups is 1. The highest BCUT2D eigenvalue weighted by Gasteiger charge is 2.11. The van der Waals surface area contributed by atoms with Gasteiger partial charge in [-0.25, -0.2) is 0 Å². The Bertz CT molecular complexity index is 596. The Kier molecular flexibility index (Phi) is 4.04. The lowest BCUT2D eigenvalue weighted by Gasteiger charge is -2.10. The molecule has 3 rings (SSSR count). The first-order valence-corrected chi connectivity index (χ1v) is 6.77. The topological polar surface area (TPSA) is 46.5 Å². The molecule has 4 nitrogen and oxygen atoms in total. The quantitative estimate of drug-likeness (QED) is 0.903. The number of nitrogens with zero attached hydrogens (tertiary/aromatic N) is 2. The molecule has 1 N–H and O–H groups in total. The summed E-state index contributed by atoms with van der Waals surface area (Å²) in [4.78, 5) is 8.47. The number of benzene rings is 1. The molecule has 0 spiro atoms. The minimum absolute atomic E-state index is 0.583. The van der Waals surface area contributed by atoms with Crippen LogP contribution in [0.15, 0.2) is 53.8 Å². The Morgan fingerprint density at radius 2 is 1.90 bits per heavy atom. The van der Waals surface area contributed by atoms with Gasteiger partial charge in [-0.05, 0) is 23.3 Å². The molecule has 0 aliphatic carbocycles. The lowest BCUT2D eigenvalue weighted by molar-refractivity contribution is 0.107. The summed E-state index contributed by atoms with van der Waals surface area (Å²) in [6.45, 7) is 2.94. The maximum absolute atomic E-state index is 5.80. The number of rotatable bonds is 5. The second kappa shape index (κ2) is 6.30. The molecule has 0 amide bonds. The van der Waals surface area contributed by atoms with E-state index >= 15 is 0 Å². The molecule has 1 aliphatic heterocycles. The van der Waals surface area contributed by atoms with E-state index in [1.54, 1.807) is 12.4 Å². The Morgan fingerprint density at radius 3 is 2.70 bits per heavy atom. The van der Waals surface area contributed by atoms with E-state index in [0.717, 1.165) is 35.6 Å². The highest BCUT2D eigenvalue weighted by atomic mass is 16.5. The SMILES string of the molecule is c1ccc(C2=NCCN2)c(COCc2ccncc2)c1. The molecule has 0 saturated heterocycles. The lowest BCUT2D eigenvalue weighted by Crippen LogP contribution is -2.21. The third-order valence-electron chi connectivity index (χ3n) is 3.22. The Hall–Kier alpha value is -2.20. The van der Waals surface area contributed by atoms with Gasteiger partial charge in [0.15, 0.2) is 0 Å². The zero-order valence-corrected chi connectivity index (χ0v) is 11.2. The first kappa shape index (κ1) is 12.8. The number of aromatic nitrogens is 1. The molecular weight excluding hydrogens is 250 g/mol. The number of nitrogens with one attached hydrogen (secondary N) is 1. The van der Waals surface area contributed by atoms with E-state index in [4.69, 9.17) is 4.74 Å². The van der Waals surface area contributed by atoms with Crippen molar-refractivity contribution in [1.82, 2.24) is 10.3 Å². The molecule has 0 radical (unpaired) electrons. The van der Waals surface area contributed by atoms with Gasteiger partial charge in [-0.3, -0.25) is 9.98 Å². The van der Waals surface area contributed by atoms with Crippen molar-refractivity contribution in [1.29, 1.82) is 0 Å². The molecule has 0 atom stereocenters. The third kappa shape index (κ3) is 3.03. The zero-order valence-electron chi connectivity index (χ0n) is 11.2. The number of aliphatic imine (C=N–C) groups is 1. The maximum Gasteiger partial charge on any atom is 0.128 e. The average Bonchev–Trinajstić information content (AvgIpc) is 3.03. The number of pyridine rings is 1. The first-order valence-electron chi connectivity index (χ1n) is 6.77. The van der Waals surface area contributed by atoms with Gasteiger partial charge in [0.25, 0.3) is 0 Å². The molecule has 0 unspecified atom stereocenters. The van der Waals surface area contributed by atoms with Crippen molar-refractivity contribution >= 4 is 5.84 Å². The van der Waals surface area contributed by atoms with Gasteiger partial charge in [0, 0.05) is 24.5 Å². The smallest absolute Gasteiger partial charge is 0.128 e. The number of hydrogen-bond donors (Lipinski definition) is 1. The second-order valence-corrected chi connectivity index (χ2v) is 4.66. The molecule has 0 bridgehead atoms. The average molecular weight is 267 g/mol. The monoisotopic (exact) mass is 267 g/mol. The van der Waals surface area contributed by atoms with Crippen LogP contribution < -0.4 is 5.32 Å². The van der Waals surface area contributed by atoms with Crippen LogP contribution in [0.2, 0.25) is 0 Å². The summed E-state index contributed by atoms with van der Waals surface area (Å²) >= 11 is 0. The van der Waals surface area contributed by atoms with Crippen LogP contribution in [0.25, 0.3) is 0 Å².